The molecule has 2 nitrogen and oxygen atoms in total. The lowest BCUT2D eigenvalue weighted by molar-refractivity contribution is -0.254. The Morgan fingerprint density at radius 2 is 1.45 bits per heavy atom. The minimum absolute atomic E-state index is 0.0253. The van der Waals surface area contributed by atoms with E-state index >= 15 is 0 Å². The number of hydrogen-bond donors (Lipinski definition) is 2. The molecule has 0 aromatic carbocycles. The molecule has 10 atom stereocenters. The van der Waals surface area contributed by atoms with Gasteiger partial charge in [-0.2, -0.15) is 0 Å². The first-order valence-electron chi connectivity index (χ1n) is 14.4. The van der Waals surface area contributed by atoms with E-state index in [1.165, 1.54) is 44.9 Å². The van der Waals surface area contributed by atoms with Crippen LogP contribution in [0.1, 0.15) is 127 Å². The second-order valence-corrected chi connectivity index (χ2v) is 15.6. The predicted octanol–water partition coefficient (Wildman–Crippen LogP) is 7.86. The van der Waals surface area contributed by atoms with Gasteiger partial charge in [-0.05, 0) is 121 Å². The largest absolute Gasteiger partial charge is 0.393 e. The molecule has 4 aliphatic rings. The summed E-state index contributed by atoms with van der Waals surface area (Å²) in [6.07, 6.45) is 10.7. The van der Waals surface area contributed by atoms with Crippen molar-refractivity contribution in [3.05, 3.63) is 0 Å². The first-order valence-corrected chi connectivity index (χ1v) is 14.4. The standard InChI is InChI=1S/C31H56O2/c1-11-31(10,33)20(2)25-21-12-13-23-28(7)16-15-24(32)27(5,6)22(28)14-17-30(23,9)29(21,8)19-18-26(25,3)4/h20-25,32-33H,11-19H2,1-10H3. The molecule has 4 saturated carbocycles. The highest BCUT2D eigenvalue weighted by Gasteiger charge is 2.69. The van der Waals surface area contributed by atoms with Gasteiger partial charge in [-0.3, -0.25) is 0 Å². The maximum absolute atomic E-state index is 11.4. The van der Waals surface area contributed by atoms with Crippen molar-refractivity contribution in [2.24, 2.45) is 56.7 Å². The van der Waals surface area contributed by atoms with Crippen LogP contribution in [0.3, 0.4) is 0 Å². The molecular formula is C31H56O2. The van der Waals surface area contributed by atoms with Crippen molar-refractivity contribution in [2.45, 2.75) is 139 Å². The highest BCUT2D eigenvalue weighted by molar-refractivity contribution is 5.18. The molecule has 33 heavy (non-hydrogen) atoms. The number of aliphatic hydroxyl groups is 2. The summed E-state index contributed by atoms with van der Waals surface area (Å²) < 4.78 is 0. The number of hydrogen-bond acceptors (Lipinski definition) is 2. The SMILES string of the molecule is CCC(C)(O)C(C)C1C2CCC3C4(C)CCC(O)C(C)(C)C4CCC3(C)C2(C)CCC1(C)C. The molecule has 0 bridgehead atoms. The van der Waals surface area contributed by atoms with E-state index in [2.05, 4.69) is 69.2 Å². The van der Waals surface area contributed by atoms with Crippen LogP contribution in [0.2, 0.25) is 0 Å². The van der Waals surface area contributed by atoms with Crippen molar-refractivity contribution in [3.8, 4) is 0 Å². The van der Waals surface area contributed by atoms with Crippen molar-refractivity contribution in [1.29, 1.82) is 0 Å². The van der Waals surface area contributed by atoms with Crippen LogP contribution in [-0.2, 0) is 0 Å². The molecule has 4 fully saturated rings. The molecule has 4 aliphatic carbocycles. The third-order valence-corrected chi connectivity index (χ3v) is 13.8. The zero-order valence-electron chi connectivity index (χ0n) is 23.7. The van der Waals surface area contributed by atoms with E-state index in [0.717, 1.165) is 18.8 Å². The summed E-state index contributed by atoms with van der Waals surface area (Å²) in [4.78, 5) is 0. The second-order valence-electron chi connectivity index (χ2n) is 15.6. The van der Waals surface area contributed by atoms with Gasteiger partial charge in [0.15, 0.2) is 0 Å². The fourth-order valence-electron chi connectivity index (χ4n) is 11.0. The first kappa shape index (κ1) is 26.0. The third-order valence-electron chi connectivity index (χ3n) is 13.8. The lowest BCUT2D eigenvalue weighted by Gasteiger charge is -2.73. The molecule has 0 amide bonds. The summed E-state index contributed by atoms with van der Waals surface area (Å²) in [7, 11) is 0. The molecule has 0 aliphatic heterocycles. The molecule has 0 aromatic heterocycles. The third kappa shape index (κ3) is 3.38. The first-order chi connectivity index (χ1) is 15.0. The summed E-state index contributed by atoms with van der Waals surface area (Å²) in [5, 5.41) is 22.3. The number of fused-ring (bicyclic) bond motifs is 5. The van der Waals surface area contributed by atoms with Gasteiger partial charge >= 0.3 is 0 Å². The Hall–Kier alpha value is -0.0800. The van der Waals surface area contributed by atoms with Crippen LogP contribution in [0.15, 0.2) is 0 Å². The molecule has 0 aromatic rings. The van der Waals surface area contributed by atoms with Crippen LogP contribution < -0.4 is 0 Å². The van der Waals surface area contributed by atoms with Crippen LogP contribution in [0, 0.1) is 56.7 Å². The van der Waals surface area contributed by atoms with Gasteiger partial charge in [0.25, 0.3) is 0 Å². The predicted molar refractivity (Wildman–Crippen MR) is 139 cm³/mol. The summed E-state index contributed by atoms with van der Waals surface area (Å²) >= 11 is 0. The Kier molecular flexibility index (Phi) is 6.07. The van der Waals surface area contributed by atoms with E-state index in [4.69, 9.17) is 0 Å². The molecule has 192 valence electrons. The second kappa shape index (κ2) is 7.71. The molecule has 0 saturated heterocycles. The molecule has 4 rings (SSSR count). The fourth-order valence-corrected chi connectivity index (χ4v) is 11.0. The minimum Gasteiger partial charge on any atom is -0.393 e. The van der Waals surface area contributed by atoms with Gasteiger partial charge in [-0.15, -0.1) is 0 Å². The van der Waals surface area contributed by atoms with E-state index in [1.54, 1.807) is 0 Å². The summed E-state index contributed by atoms with van der Waals surface area (Å²) in [6.45, 7) is 24.3. The normalized spacial score (nSPS) is 51.5. The van der Waals surface area contributed by atoms with Crippen LogP contribution in [0.5, 0.6) is 0 Å². The zero-order valence-corrected chi connectivity index (χ0v) is 23.7. The van der Waals surface area contributed by atoms with Crippen LogP contribution in [-0.4, -0.2) is 21.9 Å². The van der Waals surface area contributed by atoms with E-state index < -0.39 is 5.60 Å². The number of rotatable bonds is 3. The van der Waals surface area contributed by atoms with E-state index in [9.17, 15) is 10.2 Å². The molecule has 0 heterocycles. The van der Waals surface area contributed by atoms with Gasteiger partial charge < -0.3 is 10.2 Å². The van der Waals surface area contributed by atoms with Gasteiger partial charge in [0.2, 0.25) is 0 Å². The fraction of sp³-hybridized carbons (Fsp3) is 1.00. The van der Waals surface area contributed by atoms with E-state index in [1.807, 2.05) is 0 Å². The van der Waals surface area contributed by atoms with Crippen LogP contribution >= 0.6 is 0 Å². The highest BCUT2D eigenvalue weighted by atomic mass is 16.3. The molecule has 0 radical (unpaired) electrons. The van der Waals surface area contributed by atoms with Gasteiger partial charge in [0, 0.05) is 0 Å². The van der Waals surface area contributed by atoms with Crippen molar-refractivity contribution >= 4 is 0 Å². The van der Waals surface area contributed by atoms with Gasteiger partial charge in [-0.25, -0.2) is 0 Å². The quantitative estimate of drug-likeness (QED) is 0.450. The van der Waals surface area contributed by atoms with Crippen molar-refractivity contribution < 1.29 is 10.2 Å². The molecule has 10 unspecified atom stereocenters. The number of aliphatic hydroxyl groups excluding tert-OH is 1. The maximum atomic E-state index is 11.4. The summed E-state index contributed by atoms with van der Waals surface area (Å²) in [6, 6.07) is 0. The van der Waals surface area contributed by atoms with Crippen molar-refractivity contribution in [1.82, 2.24) is 0 Å². The average molecular weight is 461 g/mol. The summed E-state index contributed by atoms with van der Waals surface area (Å²) in [5.41, 5.74) is 0.744. The highest BCUT2D eigenvalue weighted by Crippen LogP contribution is 2.76. The monoisotopic (exact) mass is 460 g/mol. The van der Waals surface area contributed by atoms with E-state index in [-0.39, 0.29) is 16.9 Å². The molecule has 2 N–H and O–H groups in total. The van der Waals surface area contributed by atoms with Crippen LogP contribution in [0.4, 0.5) is 0 Å². The summed E-state index contributed by atoms with van der Waals surface area (Å²) in [5.74, 6) is 2.96. The Bertz CT molecular complexity index is 752. The van der Waals surface area contributed by atoms with Gasteiger partial charge in [-0.1, -0.05) is 62.3 Å². The Labute approximate surface area is 205 Å². The maximum Gasteiger partial charge on any atom is 0.0645 e. The van der Waals surface area contributed by atoms with Gasteiger partial charge in [0.05, 0.1) is 11.7 Å². The Morgan fingerprint density at radius 1 is 0.818 bits per heavy atom. The molecular weight excluding hydrogens is 404 g/mol. The smallest absolute Gasteiger partial charge is 0.0645 e. The van der Waals surface area contributed by atoms with Gasteiger partial charge in [0.1, 0.15) is 0 Å². The van der Waals surface area contributed by atoms with E-state index in [0.29, 0.717) is 39.9 Å². The lowest BCUT2D eigenvalue weighted by atomic mass is 9.32. The van der Waals surface area contributed by atoms with Crippen molar-refractivity contribution in [2.75, 3.05) is 0 Å². The Morgan fingerprint density at radius 3 is 2.06 bits per heavy atom. The van der Waals surface area contributed by atoms with Crippen molar-refractivity contribution in [3.63, 3.8) is 0 Å². The minimum atomic E-state index is -0.592. The topological polar surface area (TPSA) is 40.5 Å². The lowest BCUT2D eigenvalue weighted by Crippen LogP contribution is -2.67. The zero-order chi connectivity index (χ0) is 24.8. The molecule has 0 spiro atoms. The van der Waals surface area contributed by atoms with Crippen LogP contribution in [0.25, 0.3) is 0 Å². The average Bonchev–Trinajstić information content (AvgIpc) is 2.71. The Balaban J connectivity index is 1.75. The molecule has 2 heteroatoms.